The normalized spacial score (nSPS) is 14.8. The second-order valence-corrected chi connectivity index (χ2v) is 34.1. The third-order valence-electron chi connectivity index (χ3n) is 18.6. The lowest BCUT2D eigenvalue weighted by Gasteiger charge is -2.46. The van der Waals surface area contributed by atoms with Gasteiger partial charge in [0.1, 0.15) is 0 Å². The molecule has 3 heterocycles. The zero-order valence-electron chi connectivity index (χ0n) is 63.2. The number of aromatic nitrogens is 1. The molecule has 4 heteroatoms. The average molecular weight is 1180 g/mol. The van der Waals surface area contributed by atoms with E-state index in [1.807, 2.05) is 6.07 Å². The van der Waals surface area contributed by atoms with Crippen LogP contribution in [0, 0.1) is 0 Å². The van der Waals surface area contributed by atoms with Crippen molar-refractivity contribution in [3.8, 4) is 44.5 Å². The third kappa shape index (κ3) is 12.1. The molecule has 0 saturated carbocycles. The van der Waals surface area contributed by atoms with Crippen LogP contribution in [0.4, 0.5) is 34.1 Å². The van der Waals surface area contributed by atoms with Gasteiger partial charge in [-0.15, -0.1) is 0 Å². The van der Waals surface area contributed by atoms with E-state index in [4.69, 9.17) is 9.10 Å². The maximum atomic E-state index is 9.57. The highest BCUT2D eigenvalue weighted by molar-refractivity contribution is 7.00. The Balaban J connectivity index is 1.39. The van der Waals surface area contributed by atoms with Gasteiger partial charge in [-0.05, 0) is 176 Å². The number of rotatable bonds is 6. The summed E-state index contributed by atoms with van der Waals surface area (Å²) in [5, 5.41) is 0. The Kier molecular flexibility index (Phi) is 13.8. The second-order valence-electron chi connectivity index (χ2n) is 34.1. The van der Waals surface area contributed by atoms with Crippen molar-refractivity contribution in [3.05, 3.63) is 215 Å². The number of anilines is 6. The highest BCUT2D eigenvalue weighted by atomic mass is 15.2. The molecule has 0 saturated heterocycles. The minimum absolute atomic E-state index is 0.105. The Hall–Kier alpha value is -7.43. The van der Waals surface area contributed by atoms with Crippen molar-refractivity contribution in [1.82, 2.24) is 4.98 Å². The molecule has 11 rings (SSSR count). The molecule has 0 fully saturated rings. The maximum absolute atomic E-state index is 9.57. The van der Waals surface area contributed by atoms with Crippen molar-refractivity contribution in [1.29, 1.82) is 0 Å². The lowest BCUT2D eigenvalue weighted by Crippen LogP contribution is -2.61. The fourth-order valence-corrected chi connectivity index (χ4v) is 12.8. The van der Waals surface area contributed by atoms with Crippen molar-refractivity contribution in [2.45, 2.75) is 209 Å². The van der Waals surface area contributed by atoms with Gasteiger partial charge in [0, 0.05) is 61.8 Å². The highest BCUT2D eigenvalue weighted by Crippen LogP contribution is 2.54. The van der Waals surface area contributed by atoms with Crippen molar-refractivity contribution in [3.63, 3.8) is 0 Å². The molecule has 3 nitrogen and oxygen atoms in total. The fourth-order valence-electron chi connectivity index (χ4n) is 12.8. The second kappa shape index (κ2) is 21.6. The van der Waals surface area contributed by atoms with Gasteiger partial charge in [-0.1, -0.05) is 275 Å². The van der Waals surface area contributed by atoms with Crippen LogP contribution in [-0.2, 0) is 43.3 Å². The molecule has 0 radical (unpaired) electrons. The lowest BCUT2D eigenvalue weighted by molar-refractivity contribution is 0.531. The smallest absolute Gasteiger partial charge is 0.252 e. The van der Waals surface area contributed by atoms with Gasteiger partial charge in [-0.2, -0.15) is 0 Å². The molecule has 1 aromatic heterocycles. The van der Waals surface area contributed by atoms with Crippen LogP contribution in [0.5, 0.6) is 0 Å². The highest BCUT2D eigenvalue weighted by Gasteiger charge is 2.46. The van der Waals surface area contributed by atoms with E-state index in [1.165, 1.54) is 33.4 Å². The summed E-state index contributed by atoms with van der Waals surface area (Å²) in [6, 6.07) is 51.7. The van der Waals surface area contributed by atoms with E-state index >= 15 is 0 Å². The maximum Gasteiger partial charge on any atom is 0.252 e. The Bertz CT molecular complexity index is 4390. The summed E-state index contributed by atoms with van der Waals surface area (Å²) in [6.07, 6.45) is 0. The first-order valence-corrected chi connectivity index (χ1v) is 32.5. The molecule has 8 aromatic carbocycles. The number of fused-ring (bicyclic) bond motifs is 4. The molecule has 0 aliphatic carbocycles. The van der Waals surface area contributed by atoms with E-state index in [9.17, 15) is 2.74 Å². The van der Waals surface area contributed by atoms with Gasteiger partial charge in [0.25, 0.3) is 6.71 Å². The summed E-state index contributed by atoms with van der Waals surface area (Å²) in [5.41, 5.74) is 24.2. The molecular formula is C85H100BN3. The topological polar surface area (TPSA) is 19.4 Å². The lowest BCUT2D eigenvalue weighted by atomic mass is 9.33. The Morgan fingerprint density at radius 2 is 0.708 bits per heavy atom. The van der Waals surface area contributed by atoms with Crippen molar-refractivity contribution >= 4 is 57.2 Å². The molecule has 89 heavy (non-hydrogen) atoms. The first-order valence-electron chi connectivity index (χ1n) is 35.0. The number of pyridine rings is 1. The summed E-state index contributed by atoms with van der Waals surface area (Å²) in [6.45, 7) is 54.8. The minimum atomic E-state index is -0.419. The number of nitrogens with zero attached hydrogens (tertiary/aromatic N) is 3. The van der Waals surface area contributed by atoms with Gasteiger partial charge in [-0.25, -0.2) is 0 Å². The SMILES string of the molecule is [2H]c1c([2H])c([2H])c(-c2ccc3c(c2)N(c2c(-c4ccccc4)cc(C(C)(C)C)cc2-c2cc(C(C)(C)C)nc(C(C)(C)C)c2)c2cc(C(C)(C)C)cc4c2B3c2ccc(-c3cc(C(C)(C)C)cc(C(C)(C)C)c3)cc2N4c2cc(C(C)(C)C)cc(C(C)(C)C)c2)c([2H])c1[2H]. The van der Waals surface area contributed by atoms with Gasteiger partial charge in [-0.3, -0.25) is 4.98 Å². The van der Waals surface area contributed by atoms with Crippen molar-refractivity contribution in [2.75, 3.05) is 9.80 Å². The van der Waals surface area contributed by atoms with Crippen LogP contribution in [0.15, 0.2) is 170 Å². The van der Waals surface area contributed by atoms with Crippen LogP contribution in [0.3, 0.4) is 0 Å². The van der Waals surface area contributed by atoms with Crippen LogP contribution < -0.4 is 26.2 Å². The van der Waals surface area contributed by atoms with Crippen LogP contribution in [0.1, 0.15) is 218 Å². The van der Waals surface area contributed by atoms with E-state index in [0.29, 0.717) is 5.56 Å². The van der Waals surface area contributed by atoms with E-state index in [-0.39, 0.29) is 79.8 Å². The molecule has 2 aliphatic heterocycles. The van der Waals surface area contributed by atoms with Gasteiger partial charge in [0.05, 0.1) is 12.5 Å². The first-order chi connectivity index (χ1) is 43.2. The number of hydrogen-bond donors (Lipinski definition) is 0. The van der Waals surface area contributed by atoms with Crippen LogP contribution in [-0.4, -0.2) is 11.7 Å². The fraction of sp³-hybridized carbons (Fsp3) is 0.376. The molecular weight excluding hydrogens is 1070 g/mol. The summed E-state index contributed by atoms with van der Waals surface area (Å²) in [5.74, 6) is 0. The van der Waals surface area contributed by atoms with Crippen molar-refractivity contribution in [2.24, 2.45) is 0 Å². The first kappa shape index (κ1) is 56.8. The third-order valence-corrected chi connectivity index (χ3v) is 18.6. The predicted molar refractivity (Wildman–Crippen MR) is 390 cm³/mol. The van der Waals surface area contributed by atoms with Crippen LogP contribution in [0.2, 0.25) is 0 Å². The molecule has 0 amide bonds. The van der Waals surface area contributed by atoms with Gasteiger partial charge in [0.2, 0.25) is 0 Å². The number of hydrogen-bond acceptors (Lipinski definition) is 3. The molecule has 0 spiro atoms. The molecule has 0 bridgehead atoms. The largest absolute Gasteiger partial charge is 0.311 e. The summed E-state index contributed by atoms with van der Waals surface area (Å²) in [7, 11) is 0. The minimum Gasteiger partial charge on any atom is -0.311 e. The zero-order chi connectivity index (χ0) is 69.0. The standard InChI is InChI=1S/C85H100BN3/c1-78(2,3)59-39-57(40-60(45-59)79(4,5)6)56-36-38-68-70(42-56)88(65-47-61(80(7,8)9)46-62(48-65)81(10,11)12)72-51-64(83(16,17)18)52-73-76(72)86(68)69-37-35-55(53-31-27-25-28-32-53)41-71(69)89(73)77-66(54-33-29-26-30-34-54)49-63(82(13,14)15)50-67(77)58-43-74(84(19,20)21)87-75(44-58)85(22,23)24/h25-52H,1-24H3/i25D,27D,28D,31D,32D. The van der Waals surface area contributed by atoms with E-state index in [2.05, 4.69) is 309 Å². The van der Waals surface area contributed by atoms with Gasteiger partial charge >= 0.3 is 0 Å². The summed E-state index contributed by atoms with van der Waals surface area (Å²) < 4.78 is 46.0. The molecule has 0 N–H and O–H groups in total. The predicted octanol–water partition coefficient (Wildman–Crippen LogP) is 22.2. The molecule has 2 aliphatic rings. The monoisotopic (exact) mass is 1180 g/mol. The Morgan fingerprint density at radius 3 is 1.16 bits per heavy atom. The molecule has 0 unspecified atom stereocenters. The quantitative estimate of drug-likeness (QED) is 0.155. The Morgan fingerprint density at radius 1 is 0.315 bits per heavy atom. The van der Waals surface area contributed by atoms with Gasteiger partial charge < -0.3 is 9.80 Å². The van der Waals surface area contributed by atoms with Crippen LogP contribution in [0.25, 0.3) is 44.5 Å². The molecule has 458 valence electrons. The van der Waals surface area contributed by atoms with Crippen LogP contribution >= 0.6 is 0 Å². The van der Waals surface area contributed by atoms with Crippen molar-refractivity contribution < 1.29 is 6.85 Å². The average Bonchev–Trinajstić information content (AvgIpc) is 0.689. The summed E-state index contributed by atoms with van der Waals surface area (Å²) >= 11 is 0. The van der Waals surface area contributed by atoms with E-state index < -0.39 is 6.04 Å². The number of benzene rings is 8. The Labute approximate surface area is 544 Å². The zero-order valence-corrected chi connectivity index (χ0v) is 58.2. The van der Waals surface area contributed by atoms with Gasteiger partial charge in [0.15, 0.2) is 0 Å². The molecule has 9 aromatic rings. The van der Waals surface area contributed by atoms with E-state index in [1.54, 1.807) is 0 Å². The summed E-state index contributed by atoms with van der Waals surface area (Å²) in [4.78, 5) is 10.6. The molecule has 0 atom stereocenters. The van der Waals surface area contributed by atoms with E-state index in [0.717, 1.165) is 95.3 Å².